The molecule has 156 valence electrons. The van der Waals surface area contributed by atoms with Gasteiger partial charge in [0, 0.05) is 45.3 Å². The summed E-state index contributed by atoms with van der Waals surface area (Å²) in [7, 11) is 3.51. The van der Waals surface area contributed by atoms with Crippen molar-refractivity contribution in [3.8, 4) is 5.69 Å². The van der Waals surface area contributed by atoms with Crippen LogP contribution < -0.4 is 5.32 Å². The maximum absolute atomic E-state index is 12.4. The molecule has 1 fully saturated rings. The lowest BCUT2D eigenvalue weighted by atomic mass is 9.96. The molecule has 7 nitrogen and oxygen atoms in total. The van der Waals surface area contributed by atoms with Crippen molar-refractivity contribution in [1.29, 1.82) is 0 Å². The molecule has 2 heterocycles. The zero-order valence-electron chi connectivity index (χ0n) is 17.8. The molecule has 0 atom stereocenters. The smallest absolute Gasteiger partial charge is 0.319 e. The molecule has 0 unspecified atom stereocenters. The summed E-state index contributed by atoms with van der Waals surface area (Å²) in [5, 5.41) is 7.56. The van der Waals surface area contributed by atoms with E-state index in [1.807, 2.05) is 23.4 Å². The molecule has 0 saturated carbocycles. The van der Waals surface area contributed by atoms with Crippen LogP contribution >= 0.6 is 0 Å². The number of aromatic nitrogens is 2. The molecule has 0 spiro atoms. The normalized spacial score (nSPS) is 14.7. The molecule has 1 aromatic carbocycles. The predicted molar refractivity (Wildman–Crippen MR) is 113 cm³/mol. The van der Waals surface area contributed by atoms with Gasteiger partial charge in [-0.2, -0.15) is 5.10 Å². The number of carbonyl (C=O) groups excluding carboxylic acids is 2. The molecular weight excluding hydrogens is 366 g/mol. The number of piperidine rings is 1. The molecule has 1 aliphatic heterocycles. The van der Waals surface area contributed by atoms with Crippen LogP contribution in [0.5, 0.6) is 0 Å². The van der Waals surface area contributed by atoms with E-state index in [0.717, 1.165) is 36.3 Å². The summed E-state index contributed by atoms with van der Waals surface area (Å²) >= 11 is 0. The van der Waals surface area contributed by atoms with Crippen molar-refractivity contribution in [2.45, 2.75) is 33.1 Å². The van der Waals surface area contributed by atoms with Gasteiger partial charge in [-0.15, -0.1) is 0 Å². The average molecular weight is 398 g/mol. The maximum Gasteiger partial charge on any atom is 0.319 e. The molecule has 0 radical (unpaired) electrons. The van der Waals surface area contributed by atoms with E-state index < -0.39 is 0 Å². The van der Waals surface area contributed by atoms with Gasteiger partial charge in [0.2, 0.25) is 5.91 Å². The van der Waals surface area contributed by atoms with Gasteiger partial charge in [0.25, 0.3) is 0 Å². The quantitative estimate of drug-likeness (QED) is 0.843. The summed E-state index contributed by atoms with van der Waals surface area (Å²) in [5.74, 6) is 0.0934. The van der Waals surface area contributed by atoms with Gasteiger partial charge < -0.3 is 15.1 Å². The van der Waals surface area contributed by atoms with E-state index in [1.54, 1.807) is 19.0 Å². The summed E-state index contributed by atoms with van der Waals surface area (Å²) in [5.41, 5.74) is 4.34. The summed E-state index contributed by atoms with van der Waals surface area (Å²) < 4.78 is 1.94. The zero-order valence-corrected chi connectivity index (χ0v) is 17.8. The van der Waals surface area contributed by atoms with Gasteiger partial charge in [0.1, 0.15) is 0 Å². The molecule has 2 aromatic rings. The van der Waals surface area contributed by atoms with E-state index in [2.05, 4.69) is 40.7 Å². The third kappa shape index (κ3) is 5.16. The van der Waals surface area contributed by atoms with Crippen molar-refractivity contribution in [2.75, 3.05) is 33.7 Å². The standard InChI is InChI=1S/C22H31N5O2/c1-16-15-17(2)27(24-16)20-7-5-18(6-8-20)9-12-23-21(28)19-10-13-26(14-11-19)22(29)25(3)4/h5-8,15,19H,9-14H2,1-4H3,(H,23,28). The van der Waals surface area contributed by atoms with Crippen molar-refractivity contribution < 1.29 is 9.59 Å². The first-order chi connectivity index (χ1) is 13.8. The number of rotatable bonds is 5. The lowest BCUT2D eigenvalue weighted by Crippen LogP contribution is -2.46. The first-order valence-corrected chi connectivity index (χ1v) is 10.2. The Kier molecular flexibility index (Phi) is 6.56. The number of carbonyl (C=O) groups is 2. The van der Waals surface area contributed by atoms with E-state index in [1.165, 1.54) is 5.56 Å². The Morgan fingerprint density at radius 3 is 2.34 bits per heavy atom. The highest BCUT2D eigenvalue weighted by Gasteiger charge is 2.27. The molecule has 1 N–H and O–H groups in total. The predicted octanol–water partition coefficient (Wildman–Crippen LogP) is 2.54. The van der Waals surface area contributed by atoms with Crippen LogP contribution in [0, 0.1) is 19.8 Å². The van der Waals surface area contributed by atoms with Crippen molar-refractivity contribution in [1.82, 2.24) is 24.9 Å². The van der Waals surface area contributed by atoms with Gasteiger partial charge in [-0.25, -0.2) is 9.48 Å². The number of nitrogens with one attached hydrogen (secondary N) is 1. The number of aryl methyl sites for hydroxylation is 2. The van der Waals surface area contributed by atoms with Gasteiger partial charge in [0.15, 0.2) is 0 Å². The Morgan fingerprint density at radius 1 is 1.14 bits per heavy atom. The fourth-order valence-electron chi connectivity index (χ4n) is 3.78. The highest BCUT2D eigenvalue weighted by molar-refractivity contribution is 5.79. The van der Waals surface area contributed by atoms with Crippen LogP contribution in [-0.4, -0.2) is 65.2 Å². The molecule has 7 heteroatoms. The van der Waals surface area contributed by atoms with Gasteiger partial charge in [-0.3, -0.25) is 4.79 Å². The van der Waals surface area contributed by atoms with Gasteiger partial charge in [-0.05, 0) is 56.9 Å². The molecule has 29 heavy (non-hydrogen) atoms. The Balaban J connectivity index is 1.44. The van der Waals surface area contributed by atoms with Crippen LogP contribution in [0.3, 0.4) is 0 Å². The van der Waals surface area contributed by atoms with Crippen molar-refractivity contribution in [3.63, 3.8) is 0 Å². The molecule has 3 amide bonds. The monoisotopic (exact) mass is 397 g/mol. The number of likely N-dealkylation sites (tertiary alicyclic amines) is 1. The van der Waals surface area contributed by atoms with Gasteiger partial charge in [-0.1, -0.05) is 12.1 Å². The van der Waals surface area contributed by atoms with Crippen LogP contribution in [0.2, 0.25) is 0 Å². The molecule has 0 bridgehead atoms. The summed E-state index contributed by atoms with van der Waals surface area (Å²) in [6, 6.07) is 10.4. The van der Waals surface area contributed by atoms with Crippen molar-refractivity contribution in [2.24, 2.45) is 5.92 Å². The fourth-order valence-corrected chi connectivity index (χ4v) is 3.78. The zero-order chi connectivity index (χ0) is 21.0. The fraction of sp³-hybridized carbons (Fsp3) is 0.500. The summed E-state index contributed by atoms with van der Waals surface area (Å²) in [6.07, 6.45) is 2.24. The molecule has 0 aliphatic carbocycles. The minimum Gasteiger partial charge on any atom is -0.356 e. The number of hydrogen-bond donors (Lipinski definition) is 1. The maximum atomic E-state index is 12.4. The molecule has 1 saturated heterocycles. The first kappa shape index (κ1) is 20.9. The molecule has 3 rings (SSSR count). The second-order valence-corrected chi connectivity index (χ2v) is 7.98. The average Bonchev–Trinajstić information content (AvgIpc) is 3.06. The van der Waals surface area contributed by atoms with Crippen LogP contribution in [0.1, 0.15) is 29.8 Å². The van der Waals surface area contributed by atoms with Crippen LogP contribution in [0.25, 0.3) is 5.69 Å². The van der Waals surface area contributed by atoms with Gasteiger partial charge in [0.05, 0.1) is 11.4 Å². The molecule has 1 aromatic heterocycles. The summed E-state index contributed by atoms with van der Waals surface area (Å²) in [6.45, 7) is 5.94. The van der Waals surface area contributed by atoms with E-state index in [4.69, 9.17) is 0 Å². The largest absolute Gasteiger partial charge is 0.356 e. The highest BCUT2D eigenvalue weighted by atomic mass is 16.2. The summed E-state index contributed by atoms with van der Waals surface area (Å²) in [4.78, 5) is 27.8. The van der Waals surface area contributed by atoms with E-state index in [9.17, 15) is 9.59 Å². The van der Waals surface area contributed by atoms with E-state index in [0.29, 0.717) is 19.6 Å². The Morgan fingerprint density at radius 2 is 1.79 bits per heavy atom. The SMILES string of the molecule is Cc1cc(C)n(-c2ccc(CCNC(=O)C3CCN(C(=O)N(C)C)CC3)cc2)n1. The minimum atomic E-state index is -0.00498. The second-order valence-electron chi connectivity index (χ2n) is 7.98. The number of urea groups is 1. The highest BCUT2D eigenvalue weighted by Crippen LogP contribution is 2.18. The molecule has 1 aliphatic rings. The van der Waals surface area contributed by atoms with Crippen LogP contribution in [0.4, 0.5) is 4.79 Å². The third-order valence-electron chi connectivity index (χ3n) is 5.42. The van der Waals surface area contributed by atoms with Crippen LogP contribution in [0.15, 0.2) is 30.3 Å². The van der Waals surface area contributed by atoms with E-state index >= 15 is 0 Å². The Hall–Kier alpha value is -2.83. The Bertz CT molecular complexity index is 849. The van der Waals surface area contributed by atoms with Crippen molar-refractivity contribution >= 4 is 11.9 Å². The number of benzene rings is 1. The van der Waals surface area contributed by atoms with Crippen molar-refractivity contribution in [3.05, 3.63) is 47.3 Å². The van der Waals surface area contributed by atoms with Crippen LogP contribution in [-0.2, 0) is 11.2 Å². The number of hydrogen-bond acceptors (Lipinski definition) is 3. The number of nitrogens with zero attached hydrogens (tertiary/aromatic N) is 4. The lowest BCUT2D eigenvalue weighted by molar-refractivity contribution is -0.126. The second kappa shape index (κ2) is 9.11. The number of amides is 3. The van der Waals surface area contributed by atoms with E-state index in [-0.39, 0.29) is 17.9 Å². The van der Waals surface area contributed by atoms with Gasteiger partial charge >= 0.3 is 6.03 Å². The third-order valence-corrected chi connectivity index (χ3v) is 5.42. The first-order valence-electron chi connectivity index (χ1n) is 10.2. The minimum absolute atomic E-state index is 0.00498. The molecular formula is C22H31N5O2. The Labute approximate surface area is 172 Å². The lowest BCUT2D eigenvalue weighted by Gasteiger charge is -2.33. The topological polar surface area (TPSA) is 70.5 Å².